The van der Waals surface area contributed by atoms with Gasteiger partial charge in [-0.1, -0.05) is 30.3 Å². The molecule has 1 aromatic heterocycles. The van der Waals surface area contributed by atoms with Crippen LogP contribution in [0.2, 0.25) is 0 Å². The lowest BCUT2D eigenvalue weighted by atomic mass is 10.1. The van der Waals surface area contributed by atoms with E-state index in [0.29, 0.717) is 12.1 Å². The summed E-state index contributed by atoms with van der Waals surface area (Å²) in [5, 5.41) is 5.73. The smallest absolute Gasteiger partial charge is 0.270 e. The first kappa shape index (κ1) is 19.3. The van der Waals surface area contributed by atoms with E-state index in [1.54, 1.807) is 6.07 Å². The van der Waals surface area contributed by atoms with Gasteiger partial charge in [0.05, 0.1) is 0 Å². The van der Waals surface area contributed by atoms with Crippen molar-refractivity contribution in [3.8, 4) is 0 Å². The molecule has 5 nitrogen and oxygen atoms in total. The number of nitrogens with zero attached hydrogens (tertiary/aromatic N) is 1. The fraction of sp³-hybridized carbons (Fsp3) is 0.174. The number of carbonyl (C=O) groups is 2. The zero-order valence-corrected chi connectivity index (χ0v) is 16.2. The fourth-order valence-corrected chi connectivity index (χ4v) is 3.02. The average molecular weight is 373 g/mol. The Morgan fingerprint density at radius 1 is 0.893 bits per heavy atom. The van der Waals surface area contributed by atoms with Crippen molar-refractivity contribution in [3.63, 3.8) is 0 Å². The molecule has 0 saturated carbocycles. The monoisotopic (exact) mass is 373 g/mol. The third kappa shape index (κ3) is 4.82. The lowest BCUT2D eigenvalue weighted by Crippen LogP contribution is -2.24. The number of hydrogen-bond acceptors (Lipinski definition) is 3. The van der Waals surface area contributed by atoms with Crippen molar-refractivity contribution < 1.29 is 9.59 Å². The zero-order valence-electron chi connectivity index (χ0n) is 16.2. The van der Waals surface area contributed by atoms with Crippen LogP contribution in [0, 0.1) is 20.8 Å². The molecule has 0 fully saturated rings. The van der Waals surface area contributed by atoms with Crippen LogP contribution in [0.25, 0.3) is 0 Å². The Morgan fingerprint density at radius 3 is 2.32 bits per heavy atom. The largest absolute Gasteiger partial charge is 0.347 e. The maximum absolute atomic E-state index is 12.6. The zero-order chi connectivity index (χ0) is 20.1. The van der Waals surface area contributed by atoms with Crippen LogP contribution in [0.3, 0.4) is 0 Å². The SMILES string of the molecule is Cc1cc(C)cc(NC(=O)c2ccnc(C(=O)NCc3ccccc3C)c2)c1. The van der Waals surface area contributed by atoms with Gasteiger partial charge in [-0.3, -0.25) is 14.6 Å². The summed E-state index contributed by atoms with van der Waals surface area (Å²) in [6.07, 6.45) is 1.47. The first-order valence-corrected chi connectivity index (χ1v) is 9.11. The van der Waals surface area contributed by atoms with E-state index in [2.05, 4.69) is 15.6 Å². The first-order valence-electron chi connectivity index (χ1n) is 9.11. The van der Waals surface area contributed by atoms with E-state index in [1.807, 2.05) is 63.2 Å². The van der Waals surface area contributed by atoms with Gasteiger partial charge < -0.3 is 10.6 Å². The molecule has 5 heteroatoms. The molecule has 0 aliphatic rings. The molecular formula is C23H23N3O2. The van der Waals surface area contributed by atoms with Gasteiger partial charge in [0.2, 0.25) is 0 Å². The molecule has 0 saturated heterocycles. The summed E-state index contributed by atoms with van der Waals surface area (Å²) in [5.74, 6) is -0.593. The normalized spacial score (nSPS) is 10.4. The Bertz CT molecular complexity index is 1010. The second-order valence-electron chi connectivity index (χ2n) is 6.87. The third-order valence-corrected chi connectivity index (χ3v) is 4.43. The van der Waals surface area contributed by atoms with Gasteiger partial charge in [0.25, 0.3) is 11.8 Å². The minimum atomic E-state index is -0.315. The predicted molar refractivity (Wildman–Crippen MR) is 110 cm³/mol. The number of rotatable bonds is 5. The van der Waals surface area contributed by atoms with E-state index < -0.39 is 0 Å². The second kappa shape index (κ2) is 8.48. The number of nitrogens with one attached hydrogen (secondary N) is 2. The summed E-state index contributed by atoms with van der Waals surface area (Å²) in [4.78, 5) is 29.1. The topological polar surface area (TPSA) is 71.1 Å². The number of anilines is 1. The summed E-state index contributed by atoms with van der Waals surface area (Å²) in [6, 6.07) is 16.8. The molecule has 0 bridgehead atoms. The molecule has 3 rings (SSSR count). The number of pyridine rings is 1. The molecule has 0 aliphatic carbocycles. The summed E-state index contributed by atoms with van der Waals surface area (Å²) in [5.41, 5.74) is 5.61. The number of aryl methyl sites for hydroxylation is 3. The predicted octanol–water partition coefficient (Wildman–Crippen LogP) is 4.19. The van der Waals surface area contributed by atoms with Crippen LogP contribution in [-0.2, 0) is 6.54 Å². The van der Waals surface area contributed by atoms with Crippen LogP contribution >= 0.6 is 0 Å². The maximum Gasteiger partial charge on any atom is 0.270 e. The van der Waals surface area contributed by atoms with Crippen molar-refractivity contribution in [2.24, 2.45) is 0 Å². The van der Waals surface area contributed by atoms with E-state index in [0.717, 1.165) is 27.9 Å². The van der Waals surface area contributed by atoms with Gasteiger partial charge in [-0.15, -0.1) is 0 Å². The average Bonchev–Trinajstić information content (AvgIpc) is 2.66. The van der Waals surface area contributed by atoms with Crippen molar-refractivity contribution >= 4 is 17.5 Å². The molecule has 3 aromatic rings. The summed E-state index contributed by atoms with van der Waals surface area (Å²) >= 11 is 0. The molecule has 2 N–H and O–H groups in total. The summed E-state index contributed by atoms with van der Waals surface area (Å²) in [6.45, 7) is 6.36. The molecule has 2 amide bonds. The van der Waals surface area contributed by atoms with Gasteiger partial charge in [-0.25, -0.2) is 0 Å². The van der Waals surface area contributed by atoms with Crippen LogP contribution in [0.5, 0.6) is 0 Å². The van der Waals surface area contributed by atoms with Crippen molar-refractivity contribution in [2.45, 2.75) is 27.3 Å². The highest BCUT2D eigenvalue weighted by atomic mass is 16.2. The molecule has 142 valence electrons. The molecule has 0 unspecified atom stereocenters. The van der Waals surface area contributed by atoms with Crippen LogP contribution in [0.4, 0.5) is 5.69 Å². The highest BCUT2D eigenvalue weighted by molar-refractivity contribution is 6.05. The fourth-order valence-electron chi connectivity index (χ4n) is 3.02. The lowest BCUT2D eigenvalue weighted by molar-refractivity contribution is 0.0946. The molecule has 2 aromatic carbocycles. The minimum absolute atomic E-state index is 0.210. The van der Waals surface area contributed by atoms with Crippen molar-refractivity contribution in [1.29, 1.82) is 0 Å². The van der Waals surface area contributed by atoms with Crippen molar-refractivity contribution in [2.75, 3.05) is 5.32 Å². The quantitative estimate of drug-likeness (QED) is 0.704. The van der Waals surface area contributed by atoms with E-state index in [1.165, 1.54) is 12.3 Å². The highest BCUT2D eigenvalue weighted by Gasteiger charge is 2.12. The van der Waals surface area contributed by atoms with E-state index in [-0.39, 0.29) is 17.5 Å². The van der Waals surface area contributed by atoms with Crippen LogP contribution in [0.1, 0.15) is 43.1 Å². The number of aromatic nitrogens is 1. The molecule has 0 radical (unpaired) electrons. The number of amides is 2. The lowest BCUT2D eigenvalue weighted by Gasteiger charge is -2.10. The molecular weight excluding hydrogens is 350 g/mol. The standard InChI is InChI=1S/C23H23N3O2/c1-15-10-16(2)12-20(11-15)26-22(27)18-8-9-24-21(13-18)23(28)25-14-19-7-5-4-6-17(19)3/h4-13H,14H2,1-3H3,(H,25,28)(H,26,27). The molecule has 0 spiro atoms. The molecule has 1 heterocycles. The van der Waals surface area contributed by atoms with Crippen LogP contribution in [-0.4, -0.2) is 16.8 Å². The minimum Gasteiger partial charge on any atom is -0.347 e. The number of hydrogen-bond donors (Lipinski definition) is 2. The van der Waals surface area contributed by atoms with Gasteiger partial charge in [0.1, 0.15) is 5.69 Å². The maximum atomic E-state index is 12.6. The van der Waals surface area contributed by atoms with Gasteiger partial charge >= 0.3 is 0 Å². The second-order valence-corrected chi connectivity index (χ2v) is 6.87. The Kier molecular flexibility index (Phi) is 5.84. The first-order chi connectivity index (χ1) is 13.4. The van der Waals surface area contributed by atoms with Gasteiger partial charge in [0.15, 0.2) is 0 Å². The van der Waals surface area contributed by atoms with E-state index in [4.69, 9.17) is 0 Å². The van der Waals surface area contributed by atoms with Gasteiger partial charge in [0, 0.05) is 24.0 Å². The van der Waals surface area contributed by atoms with Gasteiger partial charge in [-0.2, -0.15) is 0 Å². The van der Waals surface area contributed by atoms with Crippen LogP contribution in [0.15, 0.2) is 60.8 Å². The number of benzene rings is 2. The molecule has 0 atom stereocenters. The Hall–Kier alpha value is -3.47. The van der Waals surface area contributed by atoms with E-state index >= 15 is 0 Å². The number of carbonyl (C=O) groups excluding carboxylic acids is 2. The molecule has 28 heavy (non-hydrogen) atoms. The Labute approximate surface area is 164 Å². The summed E-state index contributed by atoms with van der Waals surface area (Å²) in [7, 11) is 0. The van der Waals surface area contributed by atoms with Crippen LogP contribution < -0.4 is 10.6 Å². The highest BCUT2D eigenvalue weighted by Crippen LogP contribution is 2.15. The molecule has 0 aliphatic heterocycles. The van der Waals surface area contributed by atoms with Gasteiger partial charge in [-0.05, 0) is 67.3 Å². The summed E-state index contributed by atoms with van der Waals surface area (Å²) < 4.78 is 0. The van der Waals surface area contributed by atoms with Crippen molar-refractivity contribution in [3.05, 3.63) is 94.3 Å². The Balaban J connectivity index is 1.69. The Morgan fingerprint density at radius 2 is 1.61 bits per heavy atom. The third-order valence-electron chi connectivity index (χ3n) is 4.43. The van der Waals surface area contributed by atoms with Crippen molar-refractivity contribution in [1.82, 2.24) is 10.3 Å². The van der Waals surface area contributed by atoms with E-state index in [9.17, 15) is 9.59 Å².